The summed E-state index contributed by atoms with van der Waals surface area (Å²) in [5.74, 6) is 0. The molecule has 12 nitrogen and oxygen atoms in total. The Kier molecular flexibility index (Phi) is 21.8. The molecule has 0 saturated heterocycles. The van der Waals surface area contributed by atoms with Gasteiger partial charge in [-0.2, -0.15) is 0 Å². The first-order chi connectivity index (χ1) is 61.8. The number of benzene rings is 8. The van der Waals surface area contributed by atoms with Crippen LogP contribution in [0.4, 0.5) is 0 Å². The van der Waals surface area contributed by atoms with Crippen LogP contribution < -0.4 is 29.9 Å². The molecule has 0 fully saturated rings. The molecule has 0 unspecified atom stereocenters. The molecule has 15 heteroatoms. The minimum absolute atomic E-state index is 0. The molecule has 129 heavy (non-hydrogen) atoms. The van der Waals surface area contributed by atoms with Crippen molar-refractivity contribution in [3.05, 3.63) is 381 Å². The van der Waals surface area contributed by atoms with Gasteiger partial charge in [-0.05, 0) is 226 Å². The molecule has 0 radical (unpaired) electrons. The van der Waals surface area contributed by atoms with Gasteiger partial charge in [0, 0.05) is 0 Å². The Balaban J connectivity index is 0.00000348. The normalized spacial score (nSPS) is 12.2. The maximum atomic E-state index is 5.95. The molecule has 6 aliphatic rings. The largest absolute Gasteiger partial charge is 2.00 e. The number of hydrogen-bond donors (Lipinski definition) is 0. The molecule has 6 aliphatic heterocycles. The molecule has 24 bridgehead atoms. The van der Waals surface area contributed by atoms with Crippen LogP contribution in [0.1, 0.15) is 102 Å². The monoisotopic (exact) mass is 1800 g/mol. The molecule has 0 aliphatic carbocycles. The van der Waals surface area contributed by atoms with Crippen LogP contribution in [0, 0.1) is 41.5 Å². The maximum Gasteiger partial charge on any atom is 2.00 e. The second-order valence-corrected chi connectivity index (χ2v) is 33.0. The van der Waals surface area contributed by atoms with Gasteiger partial charge in [0.15, 0.2) is 0 Å². The van der Waals surface area contributed by atoms with Gasteiger partial charge in [0.2, 0.25) is 0 Å². The number of nitrogens with zero attached hydrogens (tertiary/aromatic N) is 12. The zero-order valence-corrected chi connectivity index (χ0v) is 80.9. The van der Waals surface area contributed by atoms with Crippen molar-refractivity contribution in [2.24, 2.45) is 0 Å². The fraction of sp³-hybridized carbons (Fsp3) is 0.0526. The first-order valence-corrected chi connectivity index (χ1v) is 42.5. The summed E-state index contributed by atoms with van der Waals surface area (Å²) in [5, 5.41) is 0. The molecule has 9 aromatic heterocycles. The van der Waals surface area contributed by atoms with Crippen LogP contribution in [-0.4, -0.2) is 29.9 Å². The van der Waals surface area contributed by atoms with Gasteiger partial charge in [-0.25, -0.2) is 29.9 Å². The number of hydrogen-bond acceptors (Lipinski definition) is 6. The smallest absolute Gasteiger partial charge is 0.657 e. The Bertz CT molecular complexity index is 7630. The van der Waals surface area contributed by atoms with Crippen molar-refractivity contribution < 1.29 is 58.4 Å². The predicted molar refractivity (Wildman–Crippen MR) is 520 cm³/mol. The summed E-state index contributed by atoms with van der Waals surface area (Å²) in [6.07, 6.45) is 25.4. The van der Waals surface area contributed by atoms with Crippen LogP contribution in [0.15, 0.2) is 279 Å². The zero-order chi connectivity index (χ0) is 84.4. The second-order valence-electron chi connectivity index (χ2n) is 33.0. The summed E-state index contributed by atoms with van der Waals surface area (Å²) in [7, 11) is 0. The van der Waals surface area contributed by atoms with Gasteiger partial charge in [0.25, 0.3) is 0 Å². The summed E-state index contributed by atoms with van der Waals surface area (Å²) in [6, 6.07) is 98.1. The van der Waals surface area contributed by atoms with Gasteiger partial charge in [0.1, 0.15) is 0 Å². The Hall–Kier alpha value is -14.6. The Labute approximate surface area is 784 Å². The Morgan fingerprint density at radius 3 is 0.388 bits per heavy atom. The number of fused-ring (bicyclic) bond motifs is 24. The van der Waals surface area contributed by atoms with E-state index in [4.69, 9.17) is 59.8 Å². The quantitative estimate of drug-likeness (QED) is 0.119. The predicted octanol–water partition coefficient (Wildman–Crippen LogP) is 26.9. The summed E-state index contributed by atoms with van der Waals surface area (Å²) in [4.78, 5) is 69.7. The number of rotatable bonds is 10. The van der Waals surface area contributed by atoms with Gasteiger partial charge in [-0.1, -0.05) is 312 Å². The Morgan fingerprint density at radius 2 is 0.248 bits per heavy atom. The fourth-order valence-electron chi connectivity index (χ4n) is 18.2. The molecule has 598 valence electrons. The van der Waals surface area contributed by atoms with Crippen LogP contribution in [0.5, 0.6) is 0 Å². The SMILES string of the molecule is Cc1ccc(-c2c3nc(c(-c4c5nc(c(-c6ccc(C)cc6)c6ccc([n-]6)c(-c6c7nc(c(-c8ccc(C)cc8)c8ccc([n-]8)c(-c8ccccc8)c8nc(c(-c9ccc(C)cc9)c9ccc6[n-]9)C=C8)C=C7)c6nc(c(-c7ccc(C)cc7)c7ccc4[n-]7)C=C6)C=C5)c4ccc([n-]4)c(-c4ccc(C)cc4)c4nc(c(-c5ccccc5)c5ccc2[n-]5)C=C4)C=C3)cc1.[Zn+2].[Zn+2].[Zn+2]. The first-order valence-electron chi connectivity index (χ1n) is 42.5. The molecule has 8 aromatic carbocycles. The van der Waals surface area contributed by atoms with Crippen molar-refractivity contribution >= 4 is 139 Å². The van der Waals surface area contributed by atoms with Crippen LogP contribution >= 0.6 is 0 Å². The molecular weight excluding hydrogens is 1730 g/mol. The molecular formula is C114H76N12Zn3. The topological polar surface area (TPSA) is 162 Å². The molecule has 15 heterocycles. The van der Waals surface area contributed by atoms with E-state index in [1.807, 2.05) is 12.1 Å². The van der Waals surface area contributed by atoms with Gasteiger partial charge in [-0.3, -0.25) is 0 Å². The summed E-state index contributed by atoms with van der Waals surface area (Å²) in [5.41, 5.74) is 41.4. The van der Waals surface area contributed by atoms with E-state index in [-0.39, 0.29) is 58.4 Å². The zero-order valence-electron chi connectivity index (χ0n) is 72.0. The molecule has 0 atom stereocenters. The van der Waals surface area contributed by atoms with Crippen LogP contribution in [-0.2, 0) is 58.4 Å². The Morgan fingerprint density at radius 1 is 0.132 bits per heavy atom. The number of aryl methyl sites for hydroxylation is 6. The third kappa shape index (κ3) is 15.1. The summed E-state index contributed by atoms with van der Waals surface area (Å²) in [6.45, 7) is 12.7. The van der Waals surface area contributed by atoms with Crippen molar-refractivity contribution in [3.63, 3.8) is 0 Å². The third-order valence-electron chi connectivity index (χ3n) is 24.5. The minimum Gasteiger partial charge on any atom is -0.657 e. The van der Waals surface area contributed by atoms with E-state index >= 15 is 0 Å². The average Bonchev–Trinajstić information content (AvgIpc) is 1.38. The van der Waals surface area contributed by atoms with Crippen molar-refractivity contribution in [1.29, 1.82) is 0 Å². The molecule has 0 N–H and O–H groups in total. The van der Waals surface area contributed by atoms with Gasteiger partial charge >= 0.3 is 58.4 Å². The van der Waals surface area contributed by atoms with Crippen molar-refractivity contribution in [1.82, 2.24) is 59.8 Å². The molecule has 17 aromatic rings. The van der Waals surface area contributed by atoms with E-state index in [0.29, 0.717) is 78.4 Å². The summed E-state index contributed by atoms with van der Waals surface area (Å²) >= 11 is 0. The van der Waals surface area contributed by atoms with E-state index in [2.05, 4.69) is 381 Å². The van der Waals surface area contributed by atoms with E-state index in [0.717, 1.165) is 201 Å². The average molecular weight is 1810 g/mol. The fourth-order valence-corrected chi connectivity index (χ4v) is 18.2. The maximum absolute atomic E-state index is 5.95. The number of aromatic nitrogens is 12. The van der Waals surface area contributed by atoms with Crippen molar-refractivity contribution in [3.8, 4) is 111 Å². The van der Waals surface area contributed by atoms with Crippen molar-refractivity contribution in [2.75, 3.05) is 0 Å². The molecule has 23 rings (SSSR count). The third-order valence-corrected chi connectivity index (χ3v) is 24.5. The van der Waals surface area contributed by atoms with Crippen LogP contribution in [0.3, 0.4) is 0 Å². The van der Waals surface area contributed by atoms with Gasteiger partial charge < -0.3 is 29.9 Å². The minimum atomic E-state index is 0. The second kappa shape index (κ2) is 34.0. The standard InChI is InChI=1S/C114H76N12.3Zn/c1-65-17-29-73(30-18-65)105-83-45-41-79(115-83)103(71-13-9-7-10-14-71)80-42-46-84(116-80)106(74-31-19-66(2)20-32-74)88-50-58-96(120-88)111(95-57-49-87(105)119-95)113-99-61-53-91(123-99)109(77-37-25-69(5)26-38-77)93-55-63-101(125-93)114(102-64-56-94(126-102)110(92-54-62-100(113)124-92)78-39-27-70(6)28-40-78)112-97-59-51-89(121-97)107(75-33-21-67(3)22-34-75)85-47-43-81(117-85)104(72-15-11-8-12-16-72)82-44-48-86(118-82)108(90-52-60-98(112)122-90)76-35-23-68(4)24-36-76;;;/h7-64H,1-6H3;;;/q-6;3*+2. The molecule has 0 amide bonds. The molecule has 0 saturated carbocycles. The van der Waals surface area contributed by atoms with E-state index < -0.39 is 0 Å². The van der Waals surface area contributed by atoms with E-state index in [9.17, 15) is 0 Å². The van der Waals surface area contributed by atoms with Gasteiger partial charge in [0.05, 0.1) is 68.3 Å². The first kappa shape index (κ1) is 82.7. The van der Waals surface area contributed by atoms with Crippen LogP contribution in [0.25, 0.3) is 250 Å². The van der Waals surface area contributed by atoms with Crippen LogP contribution in [0.2, 0.25) is 0 Å². The van der Waals surface area contributed by atoms with Crippen molar-refractivity contribution in [2.45, 2.75) is 41.5 Å². The summed E-state index contributed by atoms with van der Waals surface area (Å²) < 4.78 is 0. The van der Waals surface area contributed by atoms with Gasteiger partial charge in [-0.15, -0.1) is 66.2 Å². The van der Waals surface area contributed by atoms with E-state index in [1.165, 1.54) is 0 Å². The molecule has 0 spiro atoms. The van der Waals surface area contributed by atoms with E-state index in [1.54, 1.807) is 0 Å².